The molecule has 34 heavy (non-hydrogen) atoms. The highest BCUT2D eigenvalue weighted by atomic mass is 32.2. The first-order valence-electron chi connectivity index (χ1n) is 11.5. The Morgan fingerprint density at radius 2 is 1.59 bits per heavy atom. The molecule has 3 aromatic carbocycles. The van der Waals surface area contributed by atoms with Gasteiger partial charge in [-0.25, -0.2) is 4.39 Å². The molecule has 1 N–H and O–H groups in total. The van der Waals surface area contributed by atoms with Gasteiger partial charge < -0.3 is 10.2 Å². The van der Waals surface area contributed by atoms with E-state index in [1.807, 2.05) is 62.4 Å². The number of halogens is 1. The third kappa shape index (κ3) is 7.19. The Bertz CT molecular complexity index is 1090. The number of rotatable bonds is 11. The fourth-order valence-electron chi connectivity index (χ4n) is 3.76. The predicted octanol–water partition coefficient (Wildman–Crippen LogP) is 5.14. The lowest BCUT2D eigenvalue weighted by Gasteiger charge is -2.31. The molecule has 0 aromatic heterocycles. The maximum Gasteiger partial charge on any atom is 0.243 e. The second-order valence-corrected chi connectivity index (χ2v) is 9.12. The van der Waals surface area contributed by atoms with E-state index in [9.17, 15) is 14.0 Å². The number of carbonyl (C=O) groups excluding carboxylic acids is 2. The number of thioether (sulfide) groups is 1. The third-order valence-electron chi connectivity index (χ3n) is 5.66. The van der Waals surface area contributed by atoms with Crippen molar-refractivity contribution in [3.8, 4) is 0 Å². The molecule has 1 atom stereocenters. The van der Waals surface area contributed by atoms with Gasteiger partial charge in [0.1, 0.15) is 11.9 Å². The first kappa shape index (κ1) is 25.5. The van der Waals surface area contributed by atoms with Crippen molar-refractivity contribution in [2.75, 3.05) is 12.3 Å². The second-order valence-electron chi connectivity index (χ2n) is 8.13. The minimum absolute atomic E-state index is 0.0328. The molecular formula is C28H31FN2O2S. The van der Waals surface area contributed by atoms with Gasteiger partial charge in [0, 0.05) is 30.8 Å². The normalized spacial score (nSPS) is 11.6. The maximum atomic E-state index is 14.5. The van der Waals surface area contributed by atoms with E-state index in [4.69, 9.17) is 0 Å². The molecule has 0 aliphatic carbocycles. The molecule has 3 aromatic rings. The highest BCUT2D eigenvalue weighted by Crippen LogP contribution is 2.20. The summed E-state index contributed by atoms with van der Waals surface area (Å²) in [4.78, 5) is 28.1. The summed E-state index contributed by atoms with van der Waals surface area (Å²) in [5.41, 5.74) is 3.68. The van der Waals surface area contributed by atoms with Crippen molar-refractivity contribution < 1.29 is 14.0 Å². The molecular weight excluding hydrogens is 447 g/mol. The highest BCUT2D eigenvalue weighted by molar-refractivity contribution is 7.99. The summed E-state index contributed by atoms with van der Waals surface area (Å²) in [5, 5.41) is 2.86. The number of nitrogens with zero attached hydrogens (tertiary/aromatic N) is 1. The first-order valence-corrected chi connectivity index (χ1v) is 12.6. The average molecular weight is 479 g/mol. The number of amides is 2. The van der Waals surface area contributed by atoms with E-state index in [-0.39, 0.29) is 29.9 Å². The largest absolute Gasteiger partial charge is 0.355 e. The van der Waals surface area contributed by atoms with Crippen molar-refractivity contribution in [1.82, 2.24) is 10.2 Å². The molecule has 0 bridgehead atoms. The Hall–Kier alpha value is -3.12. The zero-order valence-corrected chi connectivity index (χ0v) is 20.5. The molecule has 0 fully saturated rings. The zero-order valence-electron chi connectivity index (χ0n) is 19.7. The van der Waals surface area contributed by atoms with Crippen LogP contribution in [-0.2, 0) is 28.3 Å². The van der Waals surface area contributed by atoms with Crippen LogP contribution < -0.4 is 5.32 Å². The lowest BCUT2D eigenvalue weighted by molar-refractivity contribution is -0.139. The van der Waals surface area contributed by atoms with Crippen LogP contribution in [0.5, 0.6) is 0 Å². The number of aryl methyl sites for hydroxylation is 1. The molecule has 6 heteroatoms. The number of hydrogen-bond donors (Lipinski definition) is 1. The van der Waals surface area contributed by atoms with E-state index in [1.54, 1.807) is 18.2 Å². The fraction of sp³-hybridized carbons (Fsp3) is 0.286. The standard InChI is InChI=1S/C28H31FN2O2S/c1-3-30-28(33)26(17-22-12-5-4-6-13-22)31(18-23-14-9-10-16-25(23)29)27(32)20-34-19-24-15-8-7-11-21(24)2/h4-16,26H,3,17-20H2,1-2H3,(H,30,33)/t26-/m1/s1. The summed E-state index contributed by atoms with van der Waals surface area (Å²) in [6.07, 6.45) is 0.356. The van der Waals surface area contributed by atoms with E-state index in [0.717, 1.165) is 5.56 Å². The highest BCUT2D eigenvalue weighted by Gasteiger charge is 2.30. The Labute approximate surface area is 205 Å². The summed E-state index contributed by atoms with van der Waals surface area (Å²) < 4.78 is 14.5. The minimum atomic E-state index is -0.742. The molecule has 2 amide bonds. The lowest BCUT2D eigenvalue weighted by Crippen LogP contribution is -2.51. The van der Waals surface area contributed by atoms with E-state index in [0.29, 0.717) is 24.3 Å². The van der Waals surface area contributed by atoms with Crippen LogP contribution in [0.2, 0.25) is 0 Å². The van der Waals surface area contributed by atoms with Gasteiger partial charge in [-0.3, -0.25) is 9.59 Å². The molecule has 0 heterocycles. The van der Waals surface area contributed by atoms with E-state index in [1.165, 1.54) is 33.9 Å². The van der Waals surface area contributed by atoms with Crippen molar-refractivity contribution in [3.05, 3.63) is 107 Å². The van der Waals surface area contributed by atoms with Gasteiger partial charge in [-0.1, -0.05) is 72.8 Å². The van der Waals surface area contributed by atoms with Crippen LogP contribution in [0.25, 0.3) is 0 Å². The third-order valence-corrected chi connectivity index (χ3v) is 6.63. The topological polar surface area (TPSA) is 49.4 Å². The van der Waals surface area contributed by atoms with Gasteiger partial charge in [0.15, 0.2) is 0 Å². The molecule has 0 aliphatic rings. The van der Waals surface area contributed by atoms with Crippen molar-refractivity contribution in [2.45, 2.75) is 38.6 Å². The summed E-state index contributed by atoms with van der Waals surface area (Å²) >= 11 is 1.50. The number of likely N-dealkylation sites (N-methyl/N-ethyl adjacent to an activating group) is 1. The average Bonchev–Trinajstić information content (AvgIpc) is 2.84. The van der Waals surface area contributed by atoms with Crippen molar-refractivity contribution >= 4 is 23.6 Å². The molecule has 0 saturated heterocycles. The predicted molar refractivity (Wildman–Crippen MR) is 137 cm³/mol. The number of nitrogens with one attached hydrogen (secondary N) is 1. The van der Waals surface area contributed by atoms with Crippen LogP contribution in [0.3, 0.4) is 0 Å². The van der Waals surface area contributed by atoms with E-state index >= 15 is 0 Å². The SMILES string of the molecule is CCNC(=O)[C@@H](Cc1ccccc1)N(Cc1ccccc1F)C(=O)CSCc1ccccc1C. The molecule has 3 rings (SSSR count). The summed E-state index contributed by atoms with van der Waals surface area (Å²) in [5.74, 6) is 0.0837. The van der Waals surface area contributed by atoms with Crippen molar-refractivity contribution in [2.24, 2.45) is 0 Å². The molecule has 0 spiro atoms. The Balaban J connectivity index is 1.84. The molecule has 0 unspecified atom stereocenters. The van der Waals surface area contributed by atoms with E-state index in [2.05, 4.69) is 11.4 Å². The van der Waals surface area contributed by atoms with Gasteiger partial charge in [0.2, 0.25) is 11.8 Å². The van der Waals surface area contributed by atoms with Gasteiger partial charge >= 0.3 is 0 Å². The minimum Gasteiger partial charge on any atom is -0.355 e. The van der Waals surface area contributed by atoms with Crippen LogP contribution in [0.4, 0.5) is 4.39 Å². The summed E-state index contributed by atoms with van der Waals surface area (Å²) in [6.45, 7) is 4.38. The van der Waals surface area contributed by atoms with Gasteiger partial charge in [-0.05, 0) is 36.6 Å². The van der Waals surface area contributed by atoms with Crippen LogP contribution in [-0.4, -0.2) is 35.1 Å². The Morgan fingerprint density at radius 1 is 0.941 bits per heavy atom. The smallest absolute Gasteiger partial charge is 0.243 e. The summed E-state index contributed by atoms with van der Waals surface area (Å²) in [6, 6.07) is 23.3. The quantitative estimate of drug-likeness (QED) is 0.415. The Morgan fingerprint density at radius 3 is 2.26 bits per heavy atom. The van der Waals surface area contributed by atoms with Gasteiger partial charge in [0.25, 0.3) is 0 Å². The number of benzene rings is 3. The van der Waals surface area contributed by atoms with Crippen LogP contribution in [0.1, 0.15) is 29.2 Å². The van der Waals surface area contributed by atoms with Gasteiger partial charge in [-0.15, -0.1) is 11.8 Å². The van der Waals surface area contributed by atoms with Gasteiger partial charge in [0.05, 0.1) is 5.75 Å². The summed E-state index contributed by atoms with van der Waals surface area (Å²) in [7, 11) is 0. The van der Waals surface area contributed by atoms with E-state index < -0.39 is 6.04 Å². The lowest BCUT2D eigenvalue weighted by atomic mass is 10.0. The van der Waals surface area contributed by atoms with Crippen molar-refractivity contribution in [1.29, 1.82) is 0 Å². The first-order chi connectivity index (χ1) is 16.5. The molecule has 4 nitrogen and oxygen atoms in total. The van der Waals surface area contributed by atoms with Crippen LogP contribution in [0.15, 0.2) is 78.9 Å². The number of hydrogen-bond acceptors (Lipinski definition) is 3. The van der Waals surface area contributed by atoms with Crippen molar-refractivity contribution in [3.63, 3.8) is 0 Å². The number of carbonyl (C=O) groups is 2. The fourth-order valence-corrected chi connectivity index (χ4v) is 4.75. The maximum absolute atomic E-state index is 14.5. The molecule has 0 aliphatic heterocycles. The zero-order chi connectivity index (χ0) is 24.3. The molecule has 178 valence electrons. The molecule has 0 radical (unpaired) electrons. The molecule has 0 saturated carbocycles. The monoisotopic (exact) mass is 478 g/mol. The van der Waals surface area contributed by atoms with Crippen LogP contribution >= 0.6 is 11.8 Å². The Kier molecular flexibility index (Phi) is 9.71. The van der Waals surface area contributed by atoms with Crippen LogP contribution in [0, 0.1) is 12.7 Å². The second kappa shape index (κ2) is 12.9. The van der Waals surface area contributed by atoms with Gasteiger partial charge in [-0.2, -0.15) is 0 Å².